The summed E-state index contributed by atoms with van der Waals surface area (Å²) in [6, 6.07) is 17.3. The Hall–Kier alpha value is -3.58. The van der Waals surface area contributed by atoms with Crippen LogP contribution in [0.2, 0.25) is 0 Å². The average molecular weight is 482 g/mol. The maximum absolute atomic E-state index is 12.3. The molecule has 0 bridgehead atoms. The van der Waals surface area contributed by atoms with Crippen LogP contribution in [0.25, 0.3) is 6.08 Å². The summed E-state index contributed by atoms with van der Waals surface area (Å²) in [6.45, 7) is 0. The third-order valence-corrected chi connectivity index (χ3v) is 4.78. The van der Waals surface area contributed by atoms with E-state index in [9.17, 15) is 9.90 Å². The number of benzene rings is 3. The zero-order valence-electron chi connectivity index (χ0n) is 16.9. The summed E-state index contributed by atoms with van der Waals surface area (Å²) < 4.78 is 16.5. The highest BCUT2D eigenvalue weighted by atomic mass is 79.9. The van der Waals surface area contributed by atoms with Crippen LogP contribution in [-0.2, 0) is 4.79 Å². The van der Waals surface area contributed by atoms with Gasteiger partial charge in [0.2, 0.25) is 0 Å². The minimum atomic E-state index is -0.541. The van der Waals surface area contributed by atoms with E-state index in [4.69, 9.17) is 14.2 Å². The minimum Gasteiger partial charge on any atom is -0.508 e. The van der Waals surface area contributed by atoms with E-state index < -0.39 is 5.97 Å². The molecule has 3 aromatic rings. The maximum atomic E-state index is 12.3. The van der Waals surface area contributed by atoms with Gasteiger partial charge in [0.25, 0.3) is 0 Å². The number of nitrogens with zero attached hydrogens (tertiary/aromatic N) is 1. The number of ether oxygens (including phenoxy) is 3. The number of phenols is 1. The molecule has 0 atom stereocenters. The first kappa shape index (κ1) is 22.1. The number of methoxy groups -OCH3 is 2. The number of aromatic hydroxyl groups is 1. The van der Waals surface area contributed by atoms with Crippen molar-refractivity contribution in [1.29, 1.82) is 0 Å². The average Bonchev–Trinajstić information content (AvgIpc) is 2.79. The van der Waals surface area contributed by atoms with E-state index >= 15 is 0 Å². The standard InChI is InChI=1S/C24H20BrNO5/c1-29-20-10-3-16(4-11-20)5-12-23(28)31-24-21(25)13-17(14-22(24)30-2)15-26-18-6-8-19(27)9-7-18/h3-15,27H,1-2H3/b12-5?,26-15+. The smallest absolute Gasteiger partial charge is 0.336 e. The summed E-state index contributed by atoms with van der Waals surface area (Å²) in [7, 11) is 3.09. The second kappa shape index (κ2) is 10.4. The molecule has 0 fully saturated rings. The number of carbonyl (C=O) groups is 1. The quantitative estimate of drug-likeness (QED) is 0.207. The topological polar surface area (TPSA) is 77.4 Å². The fourth-order valence-corrected chi connectivity index (χ4v) is 3.16. The van der Waals surface area contributed by atoms with Gasteiger partial charge in [-0.2, -0.15) is 0 Å². The molecule has 0 radical (unpaired) electrons. The molecule has 7 heteroatoms. The first-order valence-corrected chi connectivity index (χ1v) is 10.0. The molecule has 0 aliphatic heterocycles. The Morgan fingerprint density at radius 2 is 1.68 bits per heavy atom. The molecule has 0 aromatic heterocycles. The summed E-state index contributed by atoms with van der Waals surface area (Å²) in [5.41, 5.74) is 2.27. The summed E-state index contributed by atoms with van der Waals surface area (Å²) in [5.74, 6) is 1.03. The van der Waals surface area contributed by atoms with Crippen LogP contribution in [0.3, 0.4) is 0 Å². The van der Waals surface area contributed by atoms with Crippen molar-refractivity contribution in [2.45, 2.75) is 0 Å². The highest BCUT2D eigenvalue weighted by Gasteiger charge is 2.14. The van der Waals surface area contributed by atoms with Gasteiger partial charge >= 0.3 is 5.97 Å². The van der Waals surface area contributed by atoms with Crippen LogP contribution in [0.15, 0.2) is 76.2 Å². The van der Waals surface area contributed by atoms with Crippen LogP contribution in [0, 0.1) is 0 Å². The molecule has 1 N–H and O–H groups in total. The SMILES string of the molecule is COc1ccc(C=CC(=O)Oc2c(Br)cc(/C=N/c3ccc(O)cc3)cc2OC)cc1. The zero-order chi connectivity index (χ0) is 22.2. The molecule has 0 spiro atoms. The van der Waals surface area contributed by atoms with E-state index in [1.54, 1.807) is 55.8 Å². The van der Waals surface area contributed by atoms with Crippen molar-refractivity contribution in [1.82, 2.24) is 0 Å². The second-order valence-electron chi connectivity index (χ2n) is 6.34. The molecule has 31 heavy (non-hydrogen) atoms. The van der Waals surface area contributed by atoms with Crippen molar-refractivity contribution in [3.63, 3.8) is 0 Å². The molecule has 0 aliphatic carbocycles. The van der Waals surface area contributed by atoms with Crippen molar-refractivity contribution in [3.8, 4) is 23.0 Å². The van der Waals surface area contributed by atoms with Gasteiger partial charge in [0.15, 0.2) is 11.5 Å². The van der Waals surface area contributed by atoms with Crippen LogP contribution in [-0.4, -0.2) is 31.5 Å². The van der Waals surface area contributed by atoms with Gasteiger partial charge in [0.05, 0.1) is 24.4 Å². The Kier molecular flexibility index (Phi) is 7.45. The van der Waals surface area contributed by atoms with E-state index in [1.165, 1.54) is 13.2 Å². The Morgan fingerprint density at radius 3 is 2.32 bits per heavy atom. The number of hydrogen-bond donors (Lipinski definition) is 1. The van der Waals surface area contributed by atoms with Crippen LogP contribution >= 0.6 is 15.9 Å². The maximum Gasteiger partial charge on any atom is 0.336 e. The molecule has 0 heterocycles. The van der Waals surface area contributed by atoms with E-state index in [1.807, 2.05) is 24.3 Å². The molecule has 0 saturated heterocycles. The molecule has 158 valence electrons. The first-order valence-electron chi connectivity index (χ1n) is 9.23. The number of esters is 1. The Labute approximate surface area is 188 Å². The van der Waals surface area contributed by atoms with E-state index in [0.29, 0.717) is 15.9 Å². The van der Waals surface area contributed by atoms with Gasteiger partial charge in [-0.1, -0.05) is 12.1 Å². The van der Waals surface area contributed by atoms with E-state index in [2.05, 4.69) is 20.9 Å². The van der Waals surface area contributed by atoms with Gasteiger partial charge in [-0.3, -0.25) is 4.99 Å². The second-order valence-corrected chi connectivity index (χ2v) is 7.19. The Morgan fingerprint density at radius 1 is 0.968 bits per heavy atom. The first-order chi connectivity index (χ1) is 15.0. The fourth-order valence-electron chi connectivity index (χ4n) is 2.62. The summed E-state index contributed by atoms with van der Waals surface area (Å²) in [6.07, 6.45) is 4.64. The Balaban J connectivity index is 1.73. The number of phenolic OH excluding ortho intramolecular Hbond substituents is 1. The van der Waals surface area contributed by atoms with Crippen molar-refractivity contribution < 1.29 is 24.1 Å². The molecule has 0 amide bonds. The lowest BCUT2D eigenvalue weighted by atomic mass is 10.2. The van der Waals surface area contributed by atoms with E-state index in [0.717, 1.165) is 16.9 Å². The lowest BCUT2D eigenvalue weighted by Crippen LogP contribution is -2.06. The minimum absolute atomic E-state index is 0.176. The molecular weight excluding hydrogens is 462 g/mol. The molecule has 6 nitrogen and oxygen atoms in total. The van der Waals surface area contributed by atoms with Gasteiger partial charge in [-0.05, 0) is 81.7 Å². The number of aliphatic imine (C=N–C) groups is 1. The van der Waals surface area contributed by atoms with Gasteiger partial charge in [0, 0.05) is 12.3 Å². The molecule has 0 saturated carbocycles. The lowest BCUT2D eigenvalue weighted by molar-refractivity contribution is -0.129. The Bertz CT molecular complexity index is 1110. The lowest BCUT2D eigenvalue weighted by Gasteiger charge is -2.11. The predicted octanol–water partition coefficient (Wildman–Crippen LogP) is 5.54. The number of hydrogen-bond acceptors (Lipinski definition) is 6. The van der Waals surface area contributed by atoms with Crippen molar-refractivity contribution in [2.75, 3.05) is 14.2 Å². The third kappa shape index (κ3) is 6.20. The number of rotatable bonds is 7. The van der Waals surface area contributed by atoms with E-state index in [-0.39, 0.29) is 11.5 Å². The predicted molar refractivity (Wildman–Crippen MR) is 124 cm³/mol. The van der Waals surface area contributed by atoms with Crippen LogP contribution < -0.4 is 14.2 Å². The summed E-state index contributed by atoms with van der Waals surface area (Å²) in [5, 5.41) is 9.35. The van der Waals surface area contributed by atoms with Crippen molar-refractivity contribution >= 4 is 39.9 Å². The van der Waals surface area contributed by atoms with Gasteiger partial charge in [-0.25, -0.2) is 4.79 Å². The molecule has 0 aliphatic rings. The highest BCUT2D eigenvalue weighted by molar-refractivity contribution is 9.10. The van der Waals surface area contributed by atoms with Gasteiger partial charge < -0.3 is 19.3 Å². The normalized spacial score (nSPS) is 11.1. The molecule has 0 unspecified atom stereocenters. The fraction of sp³-hybridized carbons (Fsp3) is 0.0833. The largest absolute Gasteiger partial charge is 0.508 e. The molecular formula is C24H20BrNO5. The number of carbonyl (C=O) groups excluding carboxylic acids is 1. The van der Waals surface area contributed by atoms with Crippen LogP contribution in [0.1, 0.15) is 11.1 Å². The van der Waals surface area contributed by atoms with Gasteiger partial charge in [-0.15, -0.1) is 0 Å². The van der Waals surface area contributed by atoms with Crippen molar-refractivity contribution in [3.05, 3.63) is 82.3 Å². The van der Waals surface area contributed by atoms with Crippen LogP contribution in [0.5, 0.6) is 23.0 Å². The van der Waals surface area contributed by atoms with Gasteiger partial charge in [0.1, 0.15) is 11.5 Å². The third-order valence-electron chi connectivity index (χ3n) is 4.19. The summed E-state index contributed by atoms with van der Waals surface area (Å²) >= 11 is 3.43. The molecule has 3 aromatic carbocycles. The monoisotopic (exact) mass is 481 g/mol. The molecule has 3 rings (SSSR count). The van der Waals surface area contributed by atoms with Crippen LogP contribution in [0.4, 0.5) is 5.69 Å². The zero-order valence-corrected chi connectivity index (χ0v) is 18.5. The van der Waals surface area contributed by atoms with Crippen molar-refractivity contribution in [2.24, 2.45) is 4.99 Å². The summed E-state index contributed by atoms with van der Waals surface area (Å²) in [4.78, 5) is 16.7. The number of halogens is 1. The highest BCUT2D eigenvalue weighted by Crippen LogP contribution is 2.36.